The first-order chi connectivity index (χ1) is 9.99. The third-order valence-corrected chi connectivity index (χ3v) is 3.75. The number of ether oxygens (including phenoxy) is 1. The third-order valence-electron chi connectivity index (χ3n) is 3.75. The Kier molecular flexibility index (Phi) is 5.47. The Morgan fingerprint density at radius 2 is 1.76 bits per heavy atom. The van der Waals surface area contributed by atoms with Crippen LogP contribution < -0.4 is 4.74 Å². The molecule has 1 saturated heterocycles. The van der Waals surface area contributed by atoms with E-state index in [9.17, 15) is 13.2 Å². The minimum Gasteiger partial charge on any atom is -0.492 e. The van der Waals surface area contributed by atoms with E-state index in [4.69, 9.17) is 4.74 Å². The summed E-state index contributed by atoms with van der Waals surface area (Å²) in [7, 11) is 0. The van der Waals surface area contributed by atoms with Crippen LogP contribution in [-0.4, -0.2) is 55.7 Å². The van der Waals surface area contributed by atoms with E-state index < -0.39 is 11.7 Å². The zero-order valence-electron chi connectivity index (χ0n) is 12.2. The highest BCUT2D eigenvalue weighted by atomic mass is 19.4. The summed E-state index contributed by atoms with van der Waals surface area (Å²) >= 11 is 0. The SMILES string of the molecule is CCN1CCN(CCOc2cccc(C(F)(F)F)c2)CC1. The van der Waals surface area contributed by atoms with Crippen LogP contribution in [0.15, 0.2) is 24.3 Å². The maximum atomic E-state index is 12.6. The molecule has 0 bridgehead atoms. The molecule has 1 aliphatic heterocycles. The molecule has 0 aromatic heterocycles. The second kappa shape index (κ2) is 7.13. The summed E-state index contributed by atoms with van der Waals surface area (Å²) in [4.78, 5) is 4.66. The van der Waals surface area contributed by atoms with Crippen LogP contribution in [0.1, 0.15) is 12.5 Å². The molecular formula is C15H21F3N2O. The maximum Gasteiger partial charge on any atom is 0.416 e. The van der Waals surface area contributed by atoms with E-state index in [0.717, 1.165) is 51.4 Å². The lowest BCUT2D eigenvalue weighted by Crippen LogP contribution is -2.47. The molecule has 0 amide bonds. The van der Waals surface area contributed by atoms with E-state index in [0.29, 0.717) is 6.61 Å². The van der Waals surface area contributed by atoms with Crippen molar-refractivity contribution < 1.29 is 17.9 Å². The fraction of sp³-hybridized carbons (Fsp3) is 0.600. The summed E-state index contributed by atoms with van der Waals surface area (Å²) in [5.41, 5.74) is -0.670. The molecule has 0 atom stereocenters. The molecule has 0 unspecified atom stereocenters. The minimum absolute atomic E-state index is 0.275. The molecule has 1 aromatic carbocycles. The van der Waals surface area contributed by atoms with Gasteiger partial charge in [-0.25, -0.2) is 0 Å². The molecule has 6 heteroatoms. The normalized spacial score (nSPS) is 17.9. The standard InChI is InChI=1S/C15H21F3N2O/c1-2-19-6-8-20(9-7-19)10-11-21-14-5-3-4-13(12-14)15(16,17)18/h3-5,12H,2,6-11H2,1H3. The predicted octanol–water partition coefficient (Wildman–Crippen LogP) is 2.72. The number of piperazine rings is 1. The van der Waals surface area contributed by atoms with Gasteiger partial charge in [-0.15, -0.1) is 0 Å². The van der Waals surface area contributed by atoms with Gasteiger partial charge in [0.2, 0.25) is 0 Å². The van der Waals surface area contributed by atoms with Crippen LogP contribution in [-0.2, 0) is 6.18 Å². The van der Waals surface area contributed by atoms with Crippen molar-refractivity contribution in [1.82, 2.24) is 9.80 Å². The molecule has 2 rings (SSSR count). The second-order valence-electron chi connectivity index (χ2n) is 5.15. The van der Waals surface area contributed by atoms with Gasteiger partial charge in [-0.1, -0.05) is 13.0 Å². The molecular weight excluding hydrogens is 281 g/mol. The van der Waals surface area contributed by atoms with E-state index >= 15 is 0 Å². The zero-order chi connectivity index (χ0) is 15.3. The van der Waals surface area contributed by atoms with Crippen molar-refractivity contribution in [3.8, 4) is 5.75 Å². The molecule has 1 heterocycles. The topological polar surface area (TPSA) is 15.7 Å². The molecule has 0 saturated carbocycles. The van der Waals surface area contributed by atoms with Crippen LogP contribution in [0.4, 0.5) is 13.2 Å². The number of alkyl halides is 3. The summed E-state index contributed by atoms with van der Waals surface area (Å²) in [5, 5.41) is 0. The van der Waals surface area contributed by atoms with E-state index in [1.807, 2.05) is 0 Å². The number of rotatable bonds is 5. The molecule has 0 aliphatic carbocycles. The number of likely N-dealkylation sites (N-methyl/N-ethyl adjacent to an activating group) is 1. The van der Waals surface area contributed by atoms with Crippen molar-refractivity contribution in [2.24, 2.45) is 0 Å². The highest BCUT2D eigenvalue weighted by Gasteiger charge is 2.30. The van der Waals surface area contributed by atoms with Gasteiger partial charge in [0.15, 0.2) is 0 Å². The van der Waals surface area contributed by atoms with Gasteiger partial charge in [0, 0.05) is 32.7 Å². The Balaban J connectivity index is 1.76. The quantitative estimate of drug-likeness (QED) is 0.832. The lowest BCUT2D eigenvalue weighted by molar-refractivity contribution is -0.137. The third kappa shape index (κ3) is 4.89. The average Bonchev–Trinajstić information content (AvgIpc) is 2.47. The van der Waals surface area contributed by atoms with Gasteiger partial charge in [0.25, 0.3) is 0 Å². The van der Waals surface area contributed by atoms with Gasteiger partial charge in [-0.05, 0) is 24.7 Å². The summed E-state index contributed by atoms with van der Waals surface area (Å²) in [5.74, 6) is 0.275. The zero-order valence-corrected chi connectivity index (χ0v) is 12.2. The summed E-state index contributed by atoms with van der Waals surface area (Å²) in [6.45, 7) is 8.42. The monoisotopic (exact) mass is 302 g/mol. The highest BCUT2D eigenvalue weighted by molar-refractivity contribution is 5.30. The Bertz CT molecular complexity index is 443. The summed E-state index contributed by atoms with van der Waals surface area (Å²) in [6, 6.07) is 5.04. The Morgan fingerprint density at radius 1 is 1.10 bits per heavy atom. The molecule has 1 aromatic rings. The number of nitrogens with zero attached hydrogens (tertiary/aromatic N) is 2. The van der Waals surface area contributed by atoms with E-state index in [1.165, 1.54) is 6.07 Å². The largest absolute Gasteiger partial charge is 0.492 e. The molecule has 118 valence electrons. The lowest BCUT2D eigenvalue weighted by atomic mass is 10.2. The molecule has 3 nitrogen and oxygen atoms in total. The van der Waals surface area contributed by atoms with Crippen molar-refractivity contribution in [3.05, 3.63) is 29.8 Å². The van der Waals surface area contributed by atoms with Crippen molar-refractivity contribution in [2.45, 2.75) is 13.1 Å². The van der Waals surface area contributed by atoms with Gasteiger partial charge >= 0.3 is 6.18 Å². The number of hydrogen-bond donors (Lipinski definition) is 0. The second-order valence-corrected chi connectivity index (χ2v) is 5.15. The lowest BCUT2D eigenvalue weighted by Gasteiger charge is -2.33. The van der Waals surface area contributed by atoms with Crippen LogP contribution in [0, 0.1) is 0 Å². The fourth-order valence-electron chi connectivity index (χ4n) is 2.38. The van der Waals surface area contributed by atoms with Crippen LogP contribution >= 0.6 is 0 Å². The van der Waals surface area contributed by atoms with Crippen LogP contribution in [0.5, 0.6) is 5.75 Å². The number of hydrogen-bond acceptors (Lipinski definition) is 3. The molecule has 1 aliphatic rings. The first-order valence-corrected chi connectivity index (χ1v) is 7.24. The fourth-order valence-corrected chi connectivity index (χ4v) is 2.38. The minimum atomic E-state index is -4.32. The average molecular weight is 302 g/mol. The van der Waals surface area contributed by atoms with E-state index in [2.05, 4.69) is 16.7 Å². The van der Waals surface area contributed by atoms with E-state index in [1.54, 1.807) is 6.07 Å². The van der Waals surface area contributed by atoms with Crippen LogP contribution in [0.2, 0.25) is 0 Å². The highest BCUT2D eigenvalue weighted by Crippen LogP contribution is 2.31. The Hall–Kier alpha value is -1.27. The van der Waals surface area contributed by atoms with Crippen LogP contribution in [0.25, 0.3) is 0 Å². The van der Waals surface area contributed by atoms with Gasteiger partial charge in [-0.2, -0.15) is 13.2 Å². The summed E-state index contributed by atoms with van der Waals surface area (Å²) < 4.78 is 43.2. The Morgan fingerprint density at radius 3 is 2.38 bits per heavy atom. The van der Waals surface area contributed by atoms with Gasteiger partial charge < -0.3 is 9.64 Å². The predicted molar refractivity (Wildman–Crippen MR) is 75.5 cm³/mol. The molecule has 0 N–H and O–H groups in total. The van der Waals surface area contributed by atoms with Crippen LogP contribution in [0.3, 0.4) is 0 Å². The van der Waals surface area contributed by atoms with Crippen molar-refractivity contribution in [1.29, 1.82) is 0 Å². The Labute approximate surface area is 123 Å². The summed E-state index contributed by atoms with van der Waals surface area (Å²) in [6.07, 6.45) is -4.32. The molecule has 1 fully saturated rings. The van der Waals surface area contributed by atoms with E-state index in [-0.39, 0.29) is 5.75 Å². The smallest absolute Gasteiger partial charge is 0.416 e. The number of halogens is 3. The van der Waals surface area contributed by atoms with Crippen molar-refractivity contribution in [3.63, 3.8) is 0 Å². The molecule has 0 spiro atoms. The van der Waals surface area contributed by atoms with Gasteiger partial charge in [0.1, 0.15) is 12.4 Å². The molecule has 0 radical (unpaired) electrons. The number of benzene rings is 1. The van der Waals surface area contributed by atoms with Gasteiger partial charge in [0.05, 0.1) is 5.56 Å². The first-order valence-electron chi connectivity index (χ1n) is 7.24. The molecule has 21 heavy (non-hydrogen) atoms. The van der Waals surface area contributed by atoms with Gasteiger partial charge in [-0.3, -0.25) is 4.90 Å². The maximum absolute atomic E-state index is 12.6. The van der Waals surface area contributed by atoms with Crippen molar-refractivity contribution >= 4 is 0 Å². The first kappa shape index (κ1) is 16.1. The van der Waals surface area contributed by atoms with Crippen molar-refractivity contribution in [2.75, 3.05) is 45.9 Å².